The van der Waals surface area contributed by atoms with Crippen LogP contribution in [-0.4, -0.2) is 4.57 Å². The van der Waals surface area contributed by atoms with E-state index in [2.05, 4.69) is 12.1 Å². The molecular formula is C10H8NS. The third-order valence-corrected chi connectivity index (χ3v) is 2.35. The Morgan fingerprint density at radius 3 is 3.00 bits per heavy atom. The van der Waals surface area contributed by atoms with Crippen LogP contribution in [0.2, 0.25) is 0 Å². The Balaban J connectivity index is 3.01. The first-order valence-electron chi connectivity index (χ1n) is 3.75. The van der Waals surface area contributed by atoms with E-state index in [1.54, 1.807) is 0 Å². The lowest BCUT2D eigenvalue weighted by Crippen LogP contribution is -1.93. The number of fused-ring (bicyclic) bond motifs is 1. The molecule has 0 bridgehead atoms. The zero-order chi connectivity index (χ0) is 8.55. The molecule has 0 aliphatic rings. The van der Waals surface area contributed by atoms with E-state index >= 15 is 0 Å². The molecule has 2 rings (SSSR count). The van der Waals surface area contributed by atoms with Crippen molar-refractivity contribution >= 4 is 23.1 Å². The summed E-state index contributed by atoms with van der Waals surface area (Å²) in [5, 5.41) is 1.17. The largest absolute Gasteiger partial charge is 0.335 e. The van der Waals surface area contributed by atoms with Gasteiger partial charge in [-0.25, -0.2) is 0 Å². The molecule has 0 aliphatic carbocycles. The highest BCUT2D eigenvalue weighted by Crippen LogP contribution is 2.11. The topological polar surface area (TPSA) is 4.93 Å². The fraction of sp³-hybridized carbons (Fsp3) is 0.100. The van der Waals surface area contributed by atoms with Crippen molar-refractivity contribution in [3.63, 3.8) is 0 Å². The summed E-state index contributed by atoms with van der Waals surface area (Å²) < 4.78 is 2.80. The zero-order valence-electron chi connectivity index (χ0n) is 6.74. The molecule has 0 amide bonds. The molecule has 0 fully saturated rings. The van der Waals surface area contributed by atoms with Gasteiger partial charge in [-0.3, -0.25) is 0 Å². The summed E-state index contributed by atoms with van der Waals surface area (Å²) in [6, 6.07) is 13.0. The van der Waals surface area contributed by atoms with E-state index in [4.69, 9.17) is 12.2 Å². The summed E-state index contributed by atoms with van der Waals surface area (Å²) in [5.41, 5.74) is 1.06. The maximum Gasteiger partial charge on any atom is 0.106 e. The van der Waals surface area contributed by atoms with Crippen LogP contribution in [0.1, 0.15) is 0 Å². The maximum absolute atomic E-state index is 5.12. The highest BCUT2D eigenvalue weighted by atomic mass is 32.1. The number of benzene rings is 1. The van der Waals surface area contributed by atoms with Crippen molar-refractivity contribution in [1.82, 2.24) is 4.57 Å². The number of nitrogens with zero attached hydrogens (tertiary/aromatic N) is 1. The van der Waals surface area contributed by atoms with Crippen molar-refractivity contribution in [2.75, 3.05) is 0 Å². The van der Waals surface area contributed by atoms with Gasteiger partial charge in [0.2, 0.25) is 0 Å². The second-order valence-corrected chi connectivity index (χ2v) is 3.12. The van der Waals surface area contributed by atoms with E-state index in [-0.39, 0.29) is 0 Å². The minimum Gasteiger partial charge on any atom is -0.335 e. The van der Waals surface area contributed by atoms with Crippen LogP contribution in [-0.2, 0) is 7.05 Å². The molecule has 0 N–H and O–H groups in total. The lowest BCUT2D eigenvalue weighted by atomic mass is 10.2. The van der Waals surface area contributed by atoms with Gasteiger partial charge in [-0.05, 0) is 17.5 Å². The van der Waals surface area contributed by atoms with E-state index < -0.39 is 0 Å². The van der Waals surface area contributed by atoms with Crippen molar-refractivity contribution in [3.8, 4) is 0 Å². The zero-order valence-corrected chi connectivity index (χ0v) is 7.56. The molecule has 1 radical (unpaired) electrons. The second-order valence-electron chi connectivity index (χ2n) is 2.70. The molecule has 1 nitrogen and oxygen atoms in total. The minimum atomic E-state index is 0.838. The fourth-order valence-corrected chi connectivity index (χ4v) is 1.41. The minimum absolute atomic E-state index is 0.838. The summed E-state index contributed by atoms with van der Waals surface area (Å²) in [6.07, 6.45) is 0. The first-order chi connectivity index (χ1) is 5.79. The molecule has 0 spiro atoms. The first kappa shape index (κ1) is 7.50. The fourth-order valence-electron chi connectivity index (χ4n) is 1.25. The van der Waals surface area contributed by atoms with E-state index in [0.29, 0.717) is 0 Å². The summed E-state index contributed by atoms with van der Waals surface area (Å²) in [6.45, 7) is 0. The standard InChI is InChI=1S/C10H8NS/c1-11-9-5-3-2-4-8(9)6-7-10(11)12/h2-4,6-7H,1H3. The normalized spacial score (nSPS) is 10.4. The lowest BCUT2D eigenvalue weighted by Gasteiger charge is -2.03. The molecule has 0 aliphatic heterocycles. The number of rotatable bonds is 0. The molecule has 1 heterocycles. The van der Waals surface area contributed by atoms with Gasteiger partial charge in [-0.1, -0.05) is 30.4 Å². The molecule has 0 saturated heterocycles. The smallest absolute Gasteiger partial charge is 0.106 e. The SMILES string of the molecule is Cn1c(=S)ccc2ccc[c]c21. The molecule has 1 aromatic heterocycles. The number of pyridine rings is 1. The van der Waals surface area contributed by atoms with Crippen molar-refractivity contribution in [2.45, 2.75) is 0 Å². The summed E-state index contributed by atoms with van der Waals surface area (Å²) in [5.74, 6) is 0. The van der Waals surface area contributed by atoms with Crippen molar-refractivity contribution in [3.05, 3.63) is 41.0 Å². The number of hydrogen-bond acceptors (Lipinski definition) is 1. The van der Waals surface area contributed by atoms with Gasteiger partial charge >= 0.3 is 0 Å². The van der Waals surface area contributed by atoms with Gasteiger partial charge in [-0.2, -0.15) is 0 Å². The molecule has 12 heavy (non-hydrogen) atoms. The van der Waals surface area contributed by atoms with Crippen LogP contribution in [0.15, 0.2) is 30.3 Å². The van der Waals surface area contributed by atoms with Crippen molar-refractivity contribution in [1.29, 1.82) is 0 Å². The maximum atomic E-state index is 5.12. The average Bonchev–Trinajstić information content (AvgIpc) is 2.12. The molecule has 2 heteroatoms. The van der Waals surface area contributed by atoms with Gasteiger partial charge in [0.15, 0.2) is 0 Å². The monoisotopic (exact) mass is 174 g/mol. The third-order valence-electron chi connectivity index (χ3n) is 1.94. The molecule has 2 aromatic rings. The third kappa shape index (κ3) is 1.04. The highest BCUT2D eigenvalue weighted by molar-refractivity contribution is 7.71. The number of aromatic nitrogens is 1. The molecule has 1 aromatic carbocycles. The van der Waals surface area contributed by atoms with Crippen molar-refractivity contribution < 1.29 is 0 Å². The molecular weight excluding hydrogens is 166 g/mol. The van der Waals surface area contributed by atoms with Crippen LogP contribution < -0.4 is 0 Å². The van der Waals surface area contributed by atoms with E-state index in [1.807, 2.05) is 35.9 Å². The second kappa shape index (κ2) is 2.72. The molecule has 59 valence electrons. The van der Waals surface area contributed by atoms with Crippen LogP contribution in [0.3, 0.4) is 0 Å². The van der Waals surface area contributed by atoms with E-state index in [9.17, 15) is 0 Å². The Bertz CT molecular complexity index is 470. The predicted molar refractivity (Wildman–Crippen MR) is 52.6 cm³/mol. The Morgan fingerprint density at radius 2 is 2.17 bits per heavy atom. The summed E-state index contributed by atoms with van der Waals surface area (Å²) >= 11 is 5.12. The van der Waals surface area contributed by atoms with Gasteiger partial charge in [0.05, 0.1) is 5.52 Å². The first-order valence-corrected chi connectivity index (χ1v) is 4.16. The molecule has 0 unspecified atom stereocenters. The Kier molecular flexibility index (Phi) is 1.70. The van der Waals surface area contributed by atoms with Crippen LogP contribution in [0, 0.1) is 10.7 Å². The van der Waals surface area contributed by atoms with Crippen LogP contribution in [0.5, 0.6) is 0 Å². The van der Waals surface area contributed by atoms with Crippen LogP contribution in [0.4, 0.5) is 0 Å². The average molecular weight is 174 g/mol. The summed E-state index contributed by atoms with van der Waals surface area (Å²) in [4.78, 5) is 0. The van der Waals surface area contributed by atoms with Gasteiger partial charge in [0, 0.05) is 13.1 Å². The quantitative estimate of drug-likeness (QED) is 0.556. The van der Waals surface area contributed by atoms with Gasteiger partial charge in [-0.15, -0.1) is 0 Å². The number of hydrogen-bond donors (Lipinski definition) is 0. The lowest BCUT2D eigenvalue weighted by molar-refractivity contribution is 0.935. The van der Waals surface area contributed by atoms with Crippen molar-refractivity contribution in [2.24, 2.45) is 7.05 Å². The Labute approximate surface area is 76.3 Å². The number of aryl methyl sites for hydroxylation is 1. The Morgan fingerprint density at radius 1 is 1.33 bits per heavy atom. The molecule has 0 atom stereocenters. The predicted octanol–water partition coefficient (Wildman–Crippen LogP) is 2.71. The highest BCUT2D eigenvalue weighted by Gasteiger charge is 1.93. The Hall–Kier alpha value is -1.15. The summed E-state index contributed by atoms with van der Waals surface area (Å²) in [7, 11) is 1.96. The van der Waals surface area contributed by atoms with Crippen LogP contribution >= 0.6 is 12.2 Å². The van der Waals surface area contributed by atoms with Gasteiger partial charge < -0.3 is 4.57 Å². The van der Waals surface area contributed by atoms with E-state index in [1.165, 1.54) is 5.39 Å². The van der Waals surface area contributed by atoms with Gasteiger partial charge in [0.1, 0.15) is 4.64 Å². The van der Waals surface area contributed by atoms with E-state index in [0.717, 1.165) is 10.2 Å². The molecule has 0 saturated carbocycles. The van der Waals surface area contributed by atoms with Gasteiger partial charge in [0.25, 0.3) is 0 Å². The number of para-hydroxylation sites is 1. The van der Waals surface area contributed by atoms with Crippen LogP contribution in [0.25, 0.3) is 10.9 Å².